The van der Waals surface area contributed by atoms with Crippen molar-refractivity contribution in [2.45, 2.75) is 63.1 Å². The Hall–Kier alpha value is -2.33. The molecule has 5 unspecified atom stereocenters. The van der Waals surface area contributed by atoms with E-state index in [-0.39, 0.29) is 12.1 Å². The third kappa shape index (κ3) is 3.05. The highest BCUT2D eigenvalue weighted by Gasteiger charge is 2.59. The van der Waals surface area contributed by atoms with Gasteiger partial charge in [0.15, 0.2) is 0 Å². The van der Waals surface area contributed by atoms with E-state index in [2.05, 4.69) is 16.4 Å². The first-order valence-electron chi connectivity index (χ1n) is 10.7. The molecular formula is C22H28N4O3. The molecule has 5 aliphatic rings. The molecule has 7 nitrogen and oxygen atoms in total. The number of pyridine rings is 1. The number of hydrogen-bond acceptors (Lipinski definition) is 5. The summed E-state index contributed by atoms with van der Waals surface area (Å²) >= 11 is 0. The van der Waals surface area contributed by atoms with Crippen LogP contribution in [0.1, 0.15) is 49.8 Å². The molecule has 3 N–H and O–H groups in total. The van der Waals surface area contributed by atoms with Crippen LogP contribution in [0.15, 0.2) is 12.1 Å². The normalized spacial score (nSPS) is 40.1. The van der Waals surface area contributed by atoms with Gasteiger partial charge in [0.1, 0.15) is 11.9 Å². The number of likely N-dealkylation sites (tertiary alicyclic amines) is 1. The minimum Gasteiger partial charge on any atom is -0.465 e. The first-order valence-corrected chi connectivity index (χ1v) is 10.7. The van der Waals surface area contributed by atoms with Gasteiger partial charge < -0.3 is 20.4 Å². The van der Waals surface area contributed by atoms with Crippen LogP contribution in [-0.4, -0.2) is 50.4 Å². The van der Waals surface area contributed by atoms with E-state index in [1.165, 1.54) is 0 Å². The molecule has 5 fully saturated rings. The Bertz CT molecular complexity index is 865. The SMILES string of the molecule is Cc1nc(NC2CCN(C(=O)O)C2C2[C@@H]3CC4C[C@H]2CC(O)(C4)C3)ccc1C#N. The second kappa shape index (κ2) is 6.60. The monoisotopic (exact) mass is 396 g/mol. The molecule has 6 rings (SSSR count). The number of nitrogens with one attached hydrogen (secondary N) is 1. The maximum atomic E-state index is 12.0. The zero-order chi connectivity index (χ0) is 20.3. The molecule has 0 spiro atoms. The first-order chi connectivity index (χ1) is 13.9. The largest absolute Gasteiger partial charge is 0.465 e. The number of amides is 1. The summed E-state index contributed by atoms with van der Waals surface area (Å²) in [5, 5.41) is 33.5. The molecule has 1 saturated heterocycles. The number of aliphatic hydroxyl groups is 1. The highest BCUT2D eigenvalue weighted by Crippen LogP contribution is 2.60. The summed E-state index contributed by atoms with van der Waals surface area (Å²) in [4.78, 5) is 18.2. The molecular weight excluding hydrogens is 368 g/mol. The summed E-state index contributed by atoms with van der Waals surface area (Å²) in [6, 6.07) is 5.62. The molecule has 154 valence electrons. The molecule has 2 heterocycles. The van der Waals surface area contributed by atoms with E-state index in [9.17, 15) is 15.0 Å². The van der Waals surface area contributed by atoms with Gasteiger partial charge in [0.05, 0.1) is 28.9 Å². The number of nitriles is 1. The summed E-state index contributed by atoms with van der Waals surface area (Å²) in [5.74, 6) is 2.39. The van der Waals surface area contributed by atoms with Crippen LogP contribution in [0.5, 0.6) is 0 Å². The summed E-state index contributed by atoms with van der Waals surface area (Å²) in [6.07, 6.45) is 4.70. The van der Waals surface area contributed by atoms with Crippen molar-refractivity contribution in [3.05, 3.63) is 23.4 Å². The molecule has 29 heavy (non-hydrogen) atoms. The molecule has 1 aromatic rings. The van der Waals surface area contributed by atoms with E-state index in [0.29, 0.717) is 47.3 Å². The van der Waals surface area contributed by atoms with Gasteiger partial charge in [0.25, 0.3) is 0 Å². The van der Waals surface area contributed by atoms with E-state index in [4.69, 9.17) is 5.26 Å². The van der Waals surface area contributed by atoms with Crippen LogP contribution in [0.4, 0.5) is 10.6 Å². The van der Waals surface area contributed by atoms with Crippen molar-refractivity contribution in [1.29, 1.82) is 5.26 Å². The van der Waals surface area contributed by atoms with Crippen molar-refractivity contribution in [1.82, 2.24) is 9.88 Å². The lowest BCUT2D eigenvalue weighted by Gasteiger charge is -2.60. The zero-order valence-electron chi connectivity index (χ0n) is 16.7. The molecule has 0 aromatic carbocycles. The van der Waals surface area contributed by atoms with Gasteiger partial charge in [0.2, 0.25) is 0 Å². The maximum absolute atomic E-state index is 12.0. The van der Waals surface area contributed by atoms with Crippen LogP contribution in [0.2, 0.25) is 0 Å². The topological polar surface area (TPSA) is 109 Å². The third-order valence-electron chi connectivity index (χ3n) is 7.95. The van der Waals surface area contributed by atoms with Gasteiger partial charge in [-0.2, -0.15) is 5.26 Å². The van der Waals surface area contributed by atoms with Crippen molar-refractivity contribution >= 4 is 11.9 Å². The number of nitrogens with zero attached hydrogens (tertiary/aromatic N) is 3. The van der Waals surface area contributed by atoms with Crippen LogP contribution < -0.4 is 5.32 Å². The van der Waals surface area contributed by atoms with Crippen LogP contribution in [0.25, 0.3) is 0 Å². The molecule has 7 heteroatoms. The first kappa shape index (κ1) is 18.7. The lowest BCUT2D eigenvalue weighted by molar-refractivity contribution is -0.162. The van der Waals surface area contributed by atoms with Crippen LogP contribution >= 0.6 is 0 Å². The molecule has 4 saturated carbocycles. The second-order valence-electron chi connectivity index (χ2n) is 9.72. The van der Waals surface area contributed by atoms with Crippen LogP contribution in [0.3, 0.4) is 0 Å². The minimum atomic E-state index is -0.851. The Morgan fingerprint density at radius 2 is 2.03 bits per heavy atom. The summed E-state index contributed by atoms with van der Waals surface area (Å²) in [7, 11) is 0. The maximum Gasteiger partial charge on any atom is 0.407 e. The summed E-state index contributed by atoms with van der Waals surface area (Å²) in [6.45, 7) is 2.34. The number of carbonyl (C=O) groups is 1. The Balaban J connectivity index is 1.43. The summed E-state index contributed by atoms with van der Waals surface area (Å²) < 4.78 is 0. The lowest BCUT2D eigenvalue weighted by Crippen LogP contribution is -2.61. The summed E-state index contributed by atoms with van der Waals surface area (Å²) in [5.41, 5.74) is 0.716. The van der Waals surface area contributed by atoms with Crippen LogP contribution in [0, 0.1) is 41.9 Å². The van der Waals surface area contributed by atoms with Gasteiger partial charge in [-0.15, -0.1) is 0 Å². The second-order valence-corrected chi connectivity index (χ2v) is 9.72. The Labute approximate surface area is 170 Å². The van der Waals surface area contributed by atoms with Crippen molar-refractivity contribution in [3.8, 4) is 6.07 Å². The molecule has 1 amide bonds. The van der Waals surface area contributed by atoms with E-state index in [1.807, 2.05) is 13.0 Å². The van der Waals surface area contributed by atoms with Gasteiger partial charge in [-0.05, 0) is 81.3 Å². The number of anilines is 1. The third-order valence-corrected chi connectivity index (χ3v) is 7.95. The molecule has 1 aromatic heterocycles. The van der Waals surface area contributed by atoms with Crippen molar-refractivity contribution in [2.24, 2.45) is 23.7 Å². The fraction of sp³-hybridized carbons (Fsp3) is 0.682. The highest BCUT2D eigenvalue weighted by molar-refractivity contribution is 5.66. The molecule has 0 radical (unpaired) electrons. The van der Waals surface area contributed by atoms with E-state index < -0.39 is 11.7 Å². The number of aromatic nitrogens is 1. The number of carboxylic acid groups (broad SMARTS) is 1. The highest BCUT2D eigenvalue weighted by atomic mass is 16.4. The Kier molecular flexibility index (Phi) is 4.25. The van der Waals surface area contributed by atoms with Gasteiger partial charge in [0, 0.05) is 6.54 Å². The Morgan fingerprint density at radius 3 is 2.62 bits per heavy atom. The minimum absolute atomic E-state index is 0.00288. The van der Waals surface area contributed by atoms with Crippen LogP contribution in [-0.2, 0) is 0 Å². The molecule has 4 aliphatic carbocycles. The molecule has 7 atom stereocenters. The fourth-order valence-corrected chi connectivity index (χ4v) is 7.20. The van der Waals surface area contributed by atoms with Gasteiger partial charge in [-0.25, -0.2) is 9.78 Å². The quantitative estimate of drug-likeness (QED) is 0.725. The van der Waals surface area contributed by atoms with Gasteiger partial charge in [-0.1, -0.05) is 0 Å². The fourth-order valence-electron chi connectivity index (χ4n) is 7.20. The standard InChI is InChI=1S/C22H28N4O3/c1-12-14(11-23)2-3-18(24-12)25-17-4-5-26(21(27)28)20(17)19-15-6-13-7-16(19)10-22(29,8-13)9-15/h2-3,13,15-17,19-20,29H,4-10H2,1H3,(H,24,25)(H,27,28)/t13?,15-,16+,17?,19?,20?,22?. The van der Waals surface area contributed by atoms with Crippen molar-refractivity contribution in [3.63, 3.8) is 0 Å². The predicted octanol–water partition coefficient (Wildman–Crippen LogP) is 2.98. The predicted molar refractivity (Wildman–Crippen MR) is 106 cm³/mol. The van der Waals surface area contributed by atoms with Crippen molar-refractivity contribution in [2.75, 3.05) is 11.9 Å². The lowest BCUT2D eigenvalue weighted by atomic mass is 9.48. The van der Waals surface area contributed by atoms with Crippen molar-refractivity contribution < 1.29 is 15.0 Å². The van der Waals surface area contributed by atoms with Gasteiger partial charge >= 0.3 is 6.09 Å². The average Bonchev–Trinajstić information content (AvgIpc) is 3.04. The average molecular weight is 396 g/mol. The number of aryl methyl sites for hydroxylation is 1. The van der Waals surface area contributed by atoms with Gasteiger partial charge in [-0.3, -0.25) is 0 Å². The molecule has 4 bridgehead atoms. The number of rotatable bonds is 3. The number of hydrogen-bond donors (Lipinski definition) is 3. The Morgan fingerprint density at radius 1 is 1.31 bits per heavy atom. The smallest absolute Gasteiger partial charge is 0.407 e. The van der Waals surface area contributed by atoms with E-state index >= 15 is 0 Å². The molecule has 1 aliphatic heterocycles. The van der Waals surface area contributed by atoms with E-state index in [0.717, 1.165) is 38.5 Å². The van der Waals surface area contributed by atoms with E-state index in [1.54, 1.807) is 11.0 Å². The zero-order valence-corrected chi connectivity index (χ0v) is 16.7.